The molecule has 0 heterocycles. The molecule has 0 bridgehead atoms. The summed E-state index contributed by atoms with van der Waals surface area (Å²) < 4.78 is 32.8. The lowest BCUT2D eigenvalue weighted by Crippen LogP contribution is -2.10. The summed E-state index contributed by atoms with van der Waals surface area (Å²) >= 11 is 0. The van der Waals surface area contributed by atoms with E-state index in [1.807, 2.05) is 0 Å². The van der Waals surface area contributed by atoms with Gasteiger partial charge in [0.15, 0.2) is 0 Å². The monoisotopic (exact) mass is 770 g/mol. The summed E-state index contributed by atoms with van der Waals surface area (Å²) in [4.78, 5) is 47.6. The van der Waals surface area contributed by atoms with Crippen molar-refractivity contribution in [3.63, 3.8) is 0 Å². The lowest BCUT2D eigenvalue weighted by atomic mass is 10.00. The summed E-state index contributed by atoms with van der Waals surface area (Å²) in [5.74, 6) is 1.29. The van der Waals surface area contributed by atoms with Crippen molar-refractivity contribution < 1.29 is 47.6 Å². The number of hydrogen-bond acceptors (Lipinski definition) is 10. The molecule has 0 aliphatic carbocycles. The molecule has 56 heavy (non-hydrogen) atoms. The Kier molecular flexibility index (Phi) is 21.2. The van der Waals surface area contributed by atoms with Crippen molar-refractivity contribution in [2.45, 2.75) is 90.9 Å². The Hall–Kier alpha value is -5.38. The average molecular weight is 771 g/mol. The second-order valence-corrected chi connectivity index (χ2v) is 13.9. The number of ether oxygens (including phenoxy) is 6. The number of carbonyl (C=O) groups is 4. The molecule has 0 saturated carbocycles. The molecule has 302 valence electrons. The van der Waals surface area contributed by atoms with Crippen molar-refractivity contribution in [3.05, 3.63) is 109 Å². The molecule has 10 heteroatoms. The summed E-state index contributed by atoms with van der Waals surface area (Å²) in [5.41, 5.74) is 0.771. The van der Waals surface area contributed by atoms with Gasteiger partial charge in [-0.1, -0.05) is 78.4 Å². The van der Waals surface area contributed by atoms with Crippen LogP contribution < -0.4 is 18.9 Å². The fourth-order valence-corrected chi connectivity index (χ4v) is 5.69. The van der Waals surface area contributed by atoms with Gasteiger partial charge in [-0.3, -0.25) is 0 Å². The Labute approximate surface area is 332 Å². The first-order valence-electron chi connectivity index (χ1n) is 19.7. The standard InChI is InChI=1S/C46H58O10/c1-5-43(47)53-31-13-9-7-11-15-35(3)29-33-51-39-21-17-37(18-22-39)45(49)55-41-25-27-42(28-26-41)56-46(50)38-19-23-40(24-20-38)52-34-30-36(4)16-12-8-10-14-32-54-44(48)6-2/h5-6,17-28,35-36H,1-2,7-16,29-34H2,3-4H3. The maximum absolute atomic E-state index is 12.7. The SMILES string of the molecule is C=CC(=O)OCCCCCCC(C)CCOc1ccc(C(=O)Oc2ccc(OC(=O)c3ccc(OCCC(C)CCCCCCOC(=O)C=C)cc3)cc2)cc1. The summed E-state index contributed by atoms with van der Waals surface area (Å²) in [7, 11) is 0. The zero-order chi connectivity index (χ0) is 40.4. The first-order valence-corrected chi connectivity index (χ1v) is 19.7. The van der Waals surface area contributed by atoms with Crippen LogP contribution in [0.25, 0.3) is 0 Å². The van der Waals surface area contributed by atoms with Gasteiger partial charge in [-0.25, -0.2) is 19.2 Å². The Balaban J connectivity index is 1.28. The molecule has 3 rings (SSSR count). The molecule has 10 nitrogen and oxygen atoms in total. The van der Waals surface area contributed by atoms with Gasteiger partial charge in [-0.05, 0) is 110 Å². The summed E-state index contributed by atoms with van der Waals surface area (Å²) in [6.07, 6.45) is 14.7. The Morgan fingerprint density at radius 1 is 0.464 bits per heavy atom. The molecule has 0 aliphatic heterocycles. The third-order valence-corrected chi connectivity index (χ3v) is 9.19. The highest BCUT2D eigenvalue weighted by Crippen LogP contribution is 2.23. The van der Waals surface area contributed by atoms with Gasteiger partial charge in [0.05, 0.1) is 37.6 Å². The zero-order valence-corrected chi connectivity index (χ0v) is 33.0. The van der Waals surface area contributed by atoms with E-state index in [1.54, 1.807) is 72.8 Å². The summed E-state index contributed by atoms with van der Waals surface area (Å²) in [5, 5.41) is 0. The van der Waals surface area contributed by atoms with E-state index in [0.717, 1.165) is 77.0 Å². The van der Waals surface area contributed by atoms with Crippen LogP contribution in [0, 0.1) is 11.8 Å². The third-order valence-electron chi connectivity index (χ3n) is 9.19. The van der Waals surface area contributed by atoms with E-state index < -0.39 is 11.9 Å². The molecular weight excluding hydrogens is 712 g/mol. The van der Waals surface area contributed by atoms with E-state index in [4.69, 9.17) is 28.4 Å². The van der Waals surface area contributed by atoms with Crippen LogP contribution in [0.1, 0.15) is 112 Å². The van der Waals surface area contributed by atoms with Crippen LogP contribution in [0.3, 0.4) is 0 Å². The van der Waals surface area contributed by atoms with Gasteiger partial charge < -0.3 is 28.4 Å². The topological polar surface area (TPSA) is 124 Å². The van der Waals surface area contributed by atoms with Crippen LogP contribution in [0.15, 0.2) is 98.1 Å². The van der Waals surface area contributed by atoms with Crippen molar-refractivity contribution in [1.29, 1.82) is 0 Å². The minimum atomic E-state index is -0.511. The number of rotatable bonds is 28. The molecule has 0 saturated heterocycles. The molecule has 3 aromatic rings. The lowest BCUT2D eigenvalue weighted by molar-refractivity contribution is -0.138. The van der Waals surface area contributed by atoms with Gasteiger partial charge >= 0.3 is 23.9 Å². The normalized spacial score (nSPS) is 11.8. The first kappa shape index (κ1) is 45.0. The van der Waals surface area contributed by atoms with E-state index in [2.05, 4.69) is 27.0 Å². The fourth-order valence-electron chi connectivity index (χ4n) is 5.69. The van der Waals surface area contributed by atoms with Crippen molar-refractivity contribution in [2.24, 2.45) is 11.8 Å². The highest BCUT2D eigenvalue weighted by Gasteiger charge is 2.13. The second kappa shape index (κ2) is 26.4. The van der Waals surface area contributed by atoms with Crippen LogP contribution >= 0.6 is 0 Å². The summed E-state index contributed by atoms with van der Waals surface area (Å²) in [6, 6.07) is 20.0. The predicted octanol–water partition coefficient (Wildman–Crippen LogP) is 10.3. The Morgan fingerprint density at radius 3 is 1.16 bits per heavy atom. The van der Waals surface area contributed by atoms with Crippen LogP contribution in [0.2, 0.25) is 0 Å². The molecule has 0 amide bonds. The minimum absolute atomic E-state index is 0.319. The molecule has 0 radical (unpaired) electrons. The molecule has 2 unspecified atom stereocenters. The van der Waals surface area contributed by atoms with Gasteiger partial charge in [-0.15, -0.1) is 0 Å². The van der Waals surface area contributed by atoms with E-state index in [1.165, 1.54) is 12.2 Å². The quantitative estimate of drug-likeness (QED) is 0.0305. The lowest BCUT2D eigenvalue weighted by Gasteiger charge is -2.13. The average Bonchev–Trinajstić information content (AvgIpc) is 3.21. The summed E-state index contributed by atoms with van der Waals surface area (Å²) in [6.45, 7) is 13.3. The zero-order valence-electron chi connectivity index (χ0n) is 33.0. The number of carbonyl (C=O) groups excluding carboxylic acids is 4. The Bertz CT molecular complexity index is 1510. The maximum atomic E-state index is 12.7. The van der Waals surface area contributed by atoms with Gasteiger partial charge in [0, 0.05) is 12.2 Å². The molecular formula is C46H58O10. The van der Waals surface area contributed by atoms with Gasteiger partial charge in [0.25, 0.3) is 0 Å². The van der Waals surface area contributed by atoms with E-state index in [0.29, 0.717) is 72.4 Å². The van der Waals surface area contributed by atoms with Crippen LogP contribution in [-0.2, 0) is 19.1 Å². The van der Waals surface area contributed by atoms with E-state index >= 15 is 0 Å². The van der Waals surface area contributed by atoms with Crippen molar-refractivity contribution >= 4 is 23.9 Å². The first-order chi connectivity index (χ1) is 27.2. The third kappa shape index (κ3) is 18.8. The van der Waals surface area contributed by atoms with Crippen molar-refractivity contribution in [3.8, 4) is 23.0 Å². The Morgan fingerprint density at radius 2 is 0.804 bits per heavy atom. The minimum Gasteiger partial charge on any atom is -0.494 e. The van der Waals surface area contributed by atoms with Crippen LogP contribution in [-0.4, -0.2) is 50.3 Å². The van der Waals surface area contributed by atoms with Gasteiger partial charge in [0.1, 0.15) is 23.0 Å². The number of esters is 4. The highest BCUT2D eigenvalue weighted by molar-refractivity contribution is 5.92. The molecule has 0 aromatic heterocycles. The van der Waals surface area contributed by atoms with Gasteiger partial charge in [-0.2, -0.15) is 0 Å². The highest BCUT2D eigenvalue weighted by atomic mass is 16.5. The molecule has 0 fully saturated rings. The largest absolute Gasteiger partial charge is 0.494 e. The van der Waals surface area contributed by atoms with Crippen molar-refractivity contribution in [2.75, 3.05) is 26.4 Å². The van der Waals surface area contributed by atoms with Gasteiger partial charge in [0.2, 0.25) is 0 Å². The van der Waals surface area contributed by atoms with Crippen molar-refractivity contribution in [1.82, 2.24) is 0 Å². The smallest absolute Gasteiger partial charge is 0.343 e. The fraction of sp³-hybridized carbons (Fsp3) is 0.435. The molecule has 3 aromatic carbocycles. The number of hydrogen-bond donors (Lipinski definition) is 0. The number of unbranched alkanes of at least 4 members (excludes halogenated alkanes) is 6. The van der Waals surface area contributed by atoms with E-state index in [9.17, 15) is 19.2 Å². The molecule has 0 N–H and O–H groups in total. The molecule has 0 spiro atoms. The number of benzene rings is 3. The second-order valence-electron chi connectivity index (χ2n) is 13.9. The maximum Gasteiger partial charge on any atom is 0.343 e. The predicted molar refractivity (Wildman–Crippen MR) is 216 cm³/mol. The van der Waals surface area contributed by atoms with E-state index in [-0.39, 0.29) is 11.9 Å². The molecule has 0 aliphatic rings. The van der Waals surface area contributed by atoms with Crippen LogP contribution in [0.4, 0.5) is 0 Å². The van der Waals surface area contributed by atoms with Crippen LogP contribution in [0.5, 0.6) is 23.0 Å². The molecule has 2 atom stereocenters.